The van der Waals surface area contributed by atoms with E-state index >= 15 is 0 Å². The summed E-state index contributed by atoms with van der Waals surface area (Å²) in [5.41, 5.74) is 3.40. The Morgan fingerprint density at radius 1 is 1.23 bits per heavy atom. The van der Waals surface area contributed by atoms with Crippen LogP contribution < -0.4 is 0 Å². The van der Waals surface area contributed by atoms with Crippen molar-refractivity contribution in [1.29, 1.82) is 0 Å². The Morgan fingerprint density at radius 3 is 2.68 bits per heavy atom. The largest absolute Gasteiger partial charge is 0.339 e. The molecule has 0 bridgehead atoms. The highest BCUT2D eigenvalue weighted by atomic mass is 35.5. The quantitative estimate of drug-likeness (QED) is 0.850. The van der Waals surface area contributed by atoms with E-state index < -0.39 is 0 Å². The van der Waals surface area contributed by atoms with Crippen LogP contribution in [0.25, 0.3) is 16.6 Å². The molecule has 0 spiro atoms. The number of nitrogens with one attached hydrogen (secondary N) is 1. The molecule has 3 rings (SSSR count). The van der Waals surface area contributed by atoms with Gasteiger partial charge in [0, 0.05) is 29.3 Å². The Balaban J connectivity index is 1.91. The Bertz CT molecular complexity index is 741. The summed E-state index contributed by atoms with van der Waals surface area (Å²) in [5, 5.41) is 0.672. The number of halogens is 1. The van der Waals surface area contributed by atoms with Gasteiger partial charge in [-0.3, -0.25) is 4.79 Å². The van der Waals surface area contributed by atoms with E-state index in [1.807, 2.05) is 36.9 Å². The van der Waals surface area contributed by atoms with Crippen molar-refractivity contribution >= 4 is 34.1 Å². The molecule has 0 unspecified atom stereocenters. The first-order valence-corrected chi connectivity index (χ1v) is 8.06. The number of carbonyl (C=O) groups excluding carboxylic acids is 1. The van der Waals surface area contributed by atoms with Crippen molar-refractivity contribution in [2.24, 2.45) is 0 Å². The number of hydrogen-bond donors (Lipinski definition) is 1. The topological polar surface area (TPSA) is 49.0 Å². The molecule has 2 heterocycles. The van der Waals surface area contributed by atoms with E-state index in [1.165, 1.54) is 6.42 Å². The predicted octanol–water partition coefficient (Wildman–Crippen LogP) is 4.02. The van der Waals surface area contributed by atoms with Crippen LogP contribution in [0.3, 0.4) is 0 Å². The molecule has 5 heteroatoms. The summed E-state index contributed by atoms with van der Waals surface area (Å²) < 4.78 is 0. The molecule has 0 radical (unpaired) electrons. The molecule has 0 atom stereocenters. The van der Waals surface area contributed by atoms with Crippen molar-refractivity contribution < 1.29 is 4.79 Å². The second kappa shape index (κ2) is 6.13. The number of likely N-dealkylation sites (tertiary alicyclic amines) is 1. The molecule has 1 aliphatic rings. The molecule has 1 saturated heterocycles. The van der Waals surface area contributed by atoms with Crippen LogP contribution in [0.2, 0.25) is 5.02 Å². The third-order valence-electron chi connectivity index (χ3n) is 4.33. The van der Waals surface area contributed by atoms with Crippen LogP contribution in [0.1, 0.15) is 38.9 Å². The molecule has 1 aliphatic heterocycles. The Morgan fingerprint density at radius 2 is 1.95 bits per heavy atom. The summed E-state index contributed by atoms with van der Waals surface area (Å²) in [6.07, 6.45) is 3.41. The lowest BCUT2D eigenvalue weighted by Gasteiger charge is -2.27. The summed E-state index contributed by atoms with van der Waals surface area (Å²) in [4.78, 5) is 22.3. The van der Waals surface area contributed by atoms with Gasteiger partial charge in [0.2, 0.25) is 5.91 Å². The maximum atomic E-state index is 12.6. The Kier molecular flexibility index (Phi) is 4.21. The lowest BCUT2D eigenvalue weighted by molar-refractivity contribution is -0.127. The van der Waals surface area contributed by atoms with Crippen molar-refractivity contribution in [1.82, 2.24) is 14.9 Å². The monoisotopic (exact) mass is 317 g/mol. The number of nitrogens with zero attached hydrogens (tertiary/aromatic N) is 2. The predicted molar refractivity (Wildman–Crippen MR) is 89.8 cm³/mol. The number of H-pyrrole nitrogens is 1. The van der Waals surface area contributed by atoms with Crippen LogP contribution in [0, 0.1) is 0 Å². The minimum Gasteiger partial charge on any atom is -0.339 e. The zero-order valence-electron chi connectivity index (χ0n) is 12.9. The molecule has 4 nitrogen and oxygen atoms in total. The van der Waals surface area contributed by atoms with Gasteiger partial charge in [0.25, 0.3) is 0 Å². The van der Waals surface area contributed by atoms with Gasteiger partial charge in [-0.25, -0.2) is 4.98 Å². The molecule has 0 saturated carbocycles. The average Bonchev–Trinajstić information content (AvgIpc) is 2.96. The lowest BCUT2D eigenvalue weighted by atomic mass is 10.1. The number of carbonyl (C=O) groups is 1. The maximum Gasteiger partial charge on any atom is 0.249 e. The summed E-state index contributed by atoms with van der Waals surface area (Å²) in [6.45, 7) is 5.54. The van der Waals surface area contributed by atoms with Crippen LogP contribution in [0.5, 0.6) is 0 Å². The molecule has 1 fully saturated rings. The minimum absolute atomic E-state index is 0.121. The van der Waals surface area contributed by atoms with Gasteiger partial charge in [0.1, 0.15) is 5.82 Å². The normalized spacial score (nSPS) is 16.8. The first-order valence-electron chi connectivity index (χ1n) is 7.68. The van der Waals surface area contributed by atoms with Crippen LogP contribution in [-0.2, 0) is 4.79 Å². The first kappa shape index (κ1) is 15.1. The fourth-order valence-corrected chi connectivity index (χ4v) is 3.00. The van der Waals surface area contributed by atoms with Crippen LogP contribution in [0.4, 0.5) is 0 Å². The van der Waals surface area contributed by atoms with E-state index in [1.54, 1.807) is 0 Å². The van der Waals surface area contributed by atoms with Gasteiger partial charge in [-0.2, -0.15) is 0 Å². The molecule has 116 valence electrons. The van der Waals surface area contributed by atoms with Gasteiger partial charge in [0.05, 0.1) is 11.0 Å². The lowest BCUT2D eigenvalue weighted by Crippen LogP contribution is -2.36. The molecule has 2 aromatic rings. The number of amides is 1. The fraction of sp³-hybridized carbons (Fsp3) is 0.412. The van der Waals surface area contributed by atoms with Crippen LogP contribution in [0.15, 0.2) is 23.8 Å². The van der Waals surface area contributed by atoms with E-state index in [-0.39, 0.29) is 5.91 Å². The molecule has 1 N–H and O–H groups in total. The molecule has 0 aliphatic carbocycles. The van der Waals surface area contributed by atoms with Gasteiger partial charge >= 0.3 is 0 Å². The standard InChI is InChI=1S/C17H20ClN3O/c1-11(12(2)17(22)21-8-4-3-5-9-21)16-19-14-7-6-13(18)10-15(14)20-16/h6-7,10H,3-5,8-9H2,1-2H3,(H,19,20). The minimum atomic E-state index is 0.121. The van der Waals surface area contributed by atoms with Gasteiger partial charge in [-0.05, 0) is 51.3 Å². The molecular weight excluding hydrogens is 298 g/mol. The number of aromatic amines is 1. The number of allylic oxidation sites excluding steroid dienone is 1. The summed E-state index contributed by atoms with van der Waals surface area (Å²) in [5.74, 6) is 0.857. The number of benzene rings is 1. The third-order valence-corrected chi connectivity index (χ3v) is 4.56. The summed E-state index contributed by atoms with van der Waals surface area (Å²) in [6, 6.07) is 5.55. The summed E-state index contributed by atoms with van der Waals surface area (Å²) in [7, 11) is 0. The molecule has 1 aromatic carbocycles. The number of aromatic nitrogens is 2. The zero-order chi connectivity index (χ0) is 15.7. The van der Waals surface area contributed by atoms with Crippen LogP contribution >= 0.6 is 11.6 Å². The SMILES string of the molecule is CC(C(=O)N1CCCCC1)=C(C)c1nc2ccc(Cl)cc2[nH]1. The van der Waals surface area contributed by atoms with Gasteiger partial charge in [-0.15, -0.1) is 0 Å². The number of hydrogen-bond acceptors (Lipinski definition) is 2. The zero-order valence-corrected chi connectivity index (χ0v) is 13.7. The highest BCUT2D eigenvalue weighted by Crippen LogP contribution is 2.23. The Hall–Kier alpha value is -1.81. The first-order chi connectivity index (χ1) is 10.6. The van der Waals surface area contributed by atoms with E-state index in [4.69, 9.17) is 11.6 Å². The second-order valence-electron chi connectivity index (χ2n) is 5.85. The molecular formula is C17H20ClN3O. The maximum absolute atomic E-state index is 12.6. The van der Waals surface area contributed by atoms with E-state index in [0.717, 1.165) is 53.9 Å². The molecule has 1 amide bonds. The third kappa shape index (κ3) is 2.88. The molecule has 1 aromatic heterocycles. The van der Waals surface area contributed by atoms with E-state index in [9.17, 15) is 4.79 Å². The number of piperidine rings is 1. The fourth-order valence-electron chi connectivity index (χ4n) is 2.83. The van der Waals surface area contributed by atoms with Gasteiger partial charge in [0.15, 0.2) is 0 Å². The Labute approximate surface area is 135 Å². The average molecular weight is 318 g/mol. The highest BCUT2D eigenvalue weighted by Gasteiger charge is 2.20. The van der Waals surface area contributed by atoms with Crippen molar-refractivity contribution in [2.45, 2.75) is 33.1 Å². The number of rotatable bonds is 2. The molecule has 22 heavy (non-hydrogen) atoms. The number of fused-ring (bicyclic) bond motifs is 1. The van der Waals surface area contributed by atoms with Crippen molar-refractivity contribution in [3.05, 3.63) is 34.6 Å². The van der Waals surface area contributed by atoms with E-state index in [2.05, 4.69) is 9.97 Å². The van der Waals surface area contributed by atoms with Crippen molar-refractivity contribution in [3.8, 4) is 0 Å². The van der Waals surface area contributed by atoms with Crippen LogP contribution in [-0.4, -0.2) is 33.9 Å². The summed E-state index contributed by atoms with van der Waals surface area (Å²) >= 11 is 6.00. The van der Waals surface area contributed by atoms with Gasteiger partial charge in [-0.1, -0.05) is 11.6 Å². The van der Waals surface area contributed by atoms with Gasteiger partial charge < -0.3 is 9.88 Å². The number of imidazole rings is 1. The second-order valence-corrected chi connectivity index (χ2v) is 6.29. The highest BCUT2D eigenvalue weighted by molar-refractivity contribution is 6.31. The van der Waals surface area contributed by atoms with Crippen molar-refractivity contribution in [3.63, 3.8) is 0 Å². The smallest absolute Gasteiger partial charge is 0.249 e. The van der Waals surface area contributed by atoms with E-state index in [0.29, 0.717) is 5.02 Å². The van der Waals surface area contributed by atoms with Crippen molar-refractivity contribution in [2.75, 3.05) is 13.1 Å².